The lowest BCUT2D eigenvalue weighted by Crippen LogP contribution is -2.18. The maximum Gasteiger partial charge on any atom is 0.263 e. The maximum atomic E-state index is 13.0. The van der Waals surface area contributed by atoms with E-state index in [1.54, 1.807) is 18.2 Å². The Morgan fingerprint density at radius 1 is 1.03 bits per heavy atom. The SMILES string of the molecule is CCCCOc1nc2ccccc2nc1NS(=O)(=O)c1ccc2c(c1)OCCO2. The highest BCUT2D eigenvalue weighted by Gasteiger charge is 2.22. The molecule has 1 aliphatic heterocycles. The van der Waals surface area contributed by atoms with Gasteiger partial charge in [0.05, 0.1) is 22.5 Å². The van der Waals surface area contributed by atoms with Crippen molar-refractivity contribution in [1.82, 2.24) is 9.97 Å². The van der Waals surface area contributed by atoms with E-state index >= 15 is 0 Å². The van der Waals surface area contributed by atoms with E-state index in [0.29, 0.717) is 42.4 Å². The van der Waals surface area contributed by atoms with Crippen LogP contribution in [0.2, 0.25) is 0 Å². The zero-order valence-electron chi connectivity index (χ0n) is 15.9. The van der Waals surface area contributed by atoms with Gasteiger partial charge in [0.25, 0.3) is 15.9 Å². The fraction of sp³-hybridized carbons (Fsp3) is 0.300. The highest BCUT2D eigenvalue weighted by molar-refractivity contribution is 7.92. The molecule has 8 nitrogen and oxygen atoms in total. The fourth-order valence-electron chi connectivity index (χ4n) is 2.84. The van der Waals surface area contributed by atoms with Gasteiger partial charge in [0.15, 0.2) is 11.5 Å². The summed E-state index contributed by atoms with van der Waals surface area (Å²) in [4.78, 5) is 8.90. The number of hydrogen-bond acceptors (Lipinski definition) is 7. The third-order valence-electron chi connectivity index (χ3n) is 4.33. The van der Waals surface area contributed by atoms with Gasteiger partial charge in [-0.3, -0.25) is 4.72 Å². The summed E-state index contributed by atoms with van der Waals surface area (Å²) in [6.45, 7) is 3.27. The lowest BCUT2D eigenvalue weighted by Gasteiger charge is -2.19. The van der Waals surface area contributed by atoms with Crippen molar-refractivity contribution < 1.29 is 22.6 Å². The number of para-hydroxylation sites is 2. The smallest absolute Gasteiger partial charge is 0.263 e. The zero-order chi connectivity index (χ0) is 20.3. The first-order valence-corrected chi connectivity index (χ1v) is 10.9. The molecule has 1 N–H and O–H groups in total. The number of sulfonamides is 1. The molecule has 2 heterocycles. The molecule has 0 aliphatic carbocycles. The molecule has 4 rings (SSSR count). The lowest BCUT2D eigenvalue weighted by molar-refractivity contribution is 0.171. The summed E-state index contributed by atoms with van der Waals surface area (Å²) in [5.41, 5.74) is 1.19. The van der Waals surface area contributed by atoms with Crippen LogP contribution in [0.25, 0.3) is 11.0 Å². The van der Waals surface area contributed by atoms with E-state index in [4.69, 9.17) is 14.2 Å². The van der Waals surface area contributed by atoms with Crippen molar-refractivity contribution in [2.45, 2.75) is 24.7 Å². The average Bonchev–Trinajstić information content (AvgIpc) is 2.73. The van der Waals surface area contributed by atoms with Gasteiger partial charge in [-0.15, -0.1) is 0 Å². The minimum atomic E-state index is -3.94. The van der Waals surface area contributed by atoms with Gasteiger partial charge in [-0.25, -0.2) is 18.4 Å². The number of rotatable bonds is 7. The van der Waals surface area contributed by atoms with Crippen LogP contribution in [0.15, 0.2) is 47.4 Å². The van der Waals surface area contributed by atoms with Crippen molar-refractivity contribution in [1.29, 1.82) is 0 Å². The van der Waals surface area contributed by atoms with Crippen molar-refractivity contribution in [3.05, 3.63) is 42.5 Å². The topological polar surface area (TPSA) is 99.6 Å². The number of unbranched alkanes of at least 4 members (excludes halogenated alkanes) is 1. The summed E-state index contributed by atoms with van der Waals surface area (Å²) < 4.78 is 45.1. The van der Waals surface area contributed by atoms with Gasteiger partial charge in [0.2, 0.25) is 5.82 Å². The van der Waals surface area contributed by atoms with Gasteiger partial charge >= 0.3 is 0 Å². The van der Waals surface area contributed by atoms with Crippen LogP contribution in [0.3, 0.4) is 0 Å². The van der Waals surface area contributed by atoms with E-state index in [1.165, 1.54) is 12.1 Å². The van der Waals surface area contributed by atoms with Crippen LogP contribution in [0, 0.1) is 0 Å². The number of anilines is 1. The highest BCUT2D eigenvalue weighted by Crippen LogP contribution is 2.33. The van der Waals surface area contributed by atoms with Crippen LogP contribution in [0.5, 0.6) is 17.4 Å². The summed E-state index contributed by atoms with van der Waals surface area (Å²) in [5, 5.41) is 0. The Kier molecular flexibility index (Phi) is 5.39. The Hall–Kier alpha value is -3.07. The van der Waals surface area contributed by atoms with Crippen LogP contribution in [-0.4, -0.2) is 38.2 Å². The van der Waals surface area contributed by atoms with E-state index < -0.39 is 10.0 Å². The summed E-state index contributed by atoms with van der Waals surface area (Å²) >= 11 is 0. The van der Waals surface area contributed by atoms with Crippen LogP contribution >= 0.6 is 0 Å². The molecule has 1 aliphatic rings. The van der Waals surface area contributed by atoms with E-state index in [9.17, 15) is 8.42 Å². The van der Waals surface area contributed by atoms with Gasteiger partial charge in [-0.05, 0) is 30.7 Å². The normalized spacial score (nSPS) is 13.3. The Labute approximate surface area is 168 Å². The molecule has 0 atom stereocenters. The van der Waals surface area contributed by atoms with Crippen LogP contribution in [-0.2, 0) is 10.0 Å². The summed E-state index contributed by atoms with van der Waals surface area (Å²) in [7, 11) is -3.94. The van der Waals surface area contributed by atoms with Gasteiger partial charge in [-0.2, -0.15) is 0 Å². The van der Waals surface area contributed by atoms with Crippen LogP contribution in [0.1, 0.15) is 19.8 Å². The molecule has 0 spiro atoms. The monoisotopic (exact) mass is 415 g/mol. The van der Waals surface area contributed by atoms with E-state index in [-0.39, 0.29) is 16.6 Å². The van der Waals surface area contributed by atoms with E-state index in [1.807, 2.05) is 19.1 Å². The minimum Gasteiger partial charge on any atom is -0.486 e. The molecule has 3 aromatic rings. The third-order valence-corrected chi connectivity index (χ3v) is 5.67. The Morgan fingerprint density at radius 3 is 2.52 bits per heavy atom. The maximum absolute atomic E-state index is 13.0. The summed E-state index contributed by atoms with van der Waals surface area (Å²) in [6, 6.07) is 11.7. The summed E-state index contributed by atoms with van der Waals surface area (Å²) in [6.07, 6.45) is 1.77. The molecule has 0 bridgehead atoms. The number of hydrogen-bond donors (Lipinski definition) is 1. The molecule has 0 unspecified atom stereocenters. The number of fused-ring (bicyclic) bond motifs is 2. The molecule has 29 heavy (non-hydrogen) atoms. The first-order chi connectivity index (χ1) is 14.1. The van der Waals surface area contributed by atoms with Gasteiger partial charge < -0.3 is 14.2 Å². The Morgan fingerprint density at radius 2 is 1.76 bits per heavy atom. The number of benzene rings is 2. The molecule has 0 fully saturated rings. The van der Waals surface area contributed by atoms with Crippen molar-refractivity contribution in [3.63, 3.8) is 0 Å². The van der Waals surface area contributed by atoms with E-state index in [2.05, 4.69) is 14.7 Å². The van der Waals surface area contributed by atoms with Crippen molar-refractivity contribution >= 4 is 26.9 Å². The standard InChI is InChI=1S/C20H21N3O5S/c1-2-3-10-28-20-19(21-15-6-4-5-7-16(15)22-20)23-29(24,25)14-8-9-17-18(13-14)27-12-11-26-17/h4-9,13H,2-3,10-12H2,1H3,(H,21,23). The number of aromatic nitrogens is 2. The molecule has 0 saturated heterocycles. The Balaban J connectivity index is 1.68. The first-order valence-electron chi connectivity index (χ1n) is 9.39. The number of ether oxygens (including phenoxy) is 3. The predicted octanol–water partition coefficient (Wildman–Crippen LogP) is 3.38. The second-order valence-corrected chi connectivity index (χ2v) is 8.16. The molecule has 0 saturated carbocycles. The van der Waals surface area contributed by atoms with Gasteiger partial charge in [-0.1, -0.05) is 25.5 Å². The molecule has 0 amide bonds. The lowest BCUT2D eigenvalue weighted by atomic mass is 10.3. The largest absolute Gasteiger partial charge is 0.486 e. The predicted molar refractivity (Wildman–Crippen MR) is 108 cm³/mol. The van der Waals surface area contributed by atoms with Crippen LogP contribution < -0.4 is 18.9 Å². The third kappa shape index (κ3) is 4.19. The van der Waals surface area contributed by atoms with Crippen molar-refractivity contribution in [3.8, 4) is 17.4 Å². The fourth-order valence-corrected chi connectivity index (χ4v) is 3.86. The van der Waals surface area contributed by atoms with Crippen molar-refractivity contribution in [2.24, 2.45) is 0 Å². The van der Waals surface area contributed by atoms with Gasteiger partial charge in [0.1, 0.15) is 13.2 Å². The second-order valence-electron chi connectivity index (χ2n) is 6.48. The van der Waals surface area contributed by atoms with Crippen LogP contribution in [0.4, 0.5) is 5.82 Å². The molecule has 1 aromatic heterocycles. The highest BCUT2D eigenvalue weighted by atomic mass is 32.2. The molecule has 9 heteroatoms. The molecule has 152 valence electrons. The first kappa shape index (κ1) is 19.3. The summed E-state index contributed by atoms with van der Waals surface area (Å²) in [5.74, 6) is 1.11. The number of nitrogens with one attached hydrogen (secondary N) is 1. The molecule has 0 radical (unpaired) electrons. The molecular weight excluding hydrogens is 394 g/mol. The van der Waals surface area contributed by atoms with E-state index in [0.717, 1.165) is 12.8 Å². The van der Waals surface area contributed by atoms with Gasteiger partial charge in [0, 0.05) is 6.07 Å². The number of nitrogens with zero attached hydrogens (tertiary/aromatic N) is 2. The average molecular weight is 415 g/mol. The minimum absolute atomic E-state index is 0.0382. The second kappa shape index (κ2) is 8.12. The quantitative estimate of drug-likeness (QED) is 0.591. The molecular formula is C20H21N3O5S. The van der Waals surface area contributed by atoms with Crippen molar-refractivity contribution in [2.75, 3.05) is 24.5 Å². The molecule has 2 aromatic carbocycles. The Bertz CT molecular complexity index is 1130. The zero-order valence-corrected chi connectivity index (χ0v) is 16.7.